The molecule has 2 heterocycles. The van der Waals surface area contributed by atoms with E-state index in [4.69, 9.17) is 0 Å². The molecule has 5 heteroatoms. The fourth-order valence-electron chi connectivity index (χ4n) is 3.38. The van der Waals surface area contributed by atoms with Crippen molar-refractivity contribution in [1.29, 1.82) is 0 Å². The molecule has 0 radical (unpaired) electrons. The van der Waals surface area contributed by atoms with Gasteiger partial charge in [-0.05, 0) is 48.2 Å². The Hall–Kier alpha value is -3.60. The number of benzene rings is 2. The Morgan fingerprint density at radius 2 is 1.83 bits per heavy atom. The first-order valence-corrected chi connectivity index (χ1v) is 9.78. The first kappa shape index (κ1) is 18.7. The van der Waals surface area contributed by atoms with Gasteiger partial charge in [-0.3, -0.25) is 4.79 Å². The zero-order valence-electron chi connectivity index (χ0n) is 16.4. The quantitative estimate of drug-likeness (QED) is 0.441. The van der Waals surface area contributed by atoms with E-state index in [1.807, 2.05) is 36.5 Å². The molecule has 4 rings (SSSR count). The Balaban J connectivity index is 1.29. The van der Waals surface area contributed by atoms with Crippen LogP contribution in [-0.4, -0.2) is 22.4 Å². The number of aryl methyl sites for hydroxylation is 1. The zero-order valence-corrected chi connectivity index (χ0v) is 16.4. The molecule has 0 aliphatic rings. The van der Waals surface area contributed by atoms with E-state index in [0.29, 0.717) is 18.7 Å². The van der Waals surface area contributed by atoms with E-state index < -0.39 is 0 Å². The molecule has 2 aromatic heterocycles. The maximum Gasteiger partial charge on any atom is 0.252 e. The third-order valence-electron chi connectivity index (χ3n) is 5.10. The van der Waals surface area contributed by atoms with Crippen molar-refractivity contribution in [3.05, 3.63) is 95.3 Å². The molecule has 0 bridgehead atoms. The lowest BCUT2D eigenvalue weighted by atomic mass is 10.1. The number of hydrogen-bond acceptors (Lipinski definition) is 3. The maximum absolute atomic E-state index is 12.4. The number of aromatic nitrogens is 2. The largest absolute Gasteiger partial charge is 0.366 e. The van der Waals surface area contributed by atoms with Crippen molar-refractivity contribution in [3.63, 3.8) is 0 Å². The van der Waals surface area contributed by atoms with Crippen LogP contribution in [0.25, 0.3) is 10.9 Å². The molecule has 0 aliphatic carbocycles. The highest BCUT2D eigenvalue weighted by molar-refractivity contribution is 5.94. The molecular weight excluding hydrogens is 360 g/mol. The van der Waals surface area contributed by atoms with E-state index in [9.17, 15) is 4.79 Å². The summed E-state index contributed by atoms with van der Waals surface area (Å²) in [7, 11) is 0. The normalized spacial score (nSPS) is 10.8. The summed E-state index contributed by atoms with van der Waals surface area (Å²) >= 11 is 0. The lowest BCUT2D eigenvalue weighted by Gasteiger charge is -2.09. The van der Waals surface area contributed by atoms with Gasteiger partial charge in [-0.1, -0.05) is 42.5 Å². The Morgan fingerprint density at radius 3 is 2.66 bits per heavy atom. The predicted octanol–water partition coefficient (Wildman–Crippen LogP) is 4.46. The summed E-state index contributed by atoms with van der Waals surface area (Å²) in [4.78, 5) is 20.0. The van der Waals surface area contributed by atoms with Crippen LogP contribution in [0.5, 0.6) is 0 Å². The second kappa shape index (κ2) is 8.61. The summed E-state index contributed by atoms with van der Waals surface area (Å²) in [6.45, 7) is 3.37. The minimum atomic E-state index is -0.109. The number of nitrogens with zero attached hydrogens (tertiary/aromatic N) is 1. The van der Waals surface area contributed by atoms with Gasteiger partial charge in [0.15, 0.2) is 0 Å². The number of aromatic amines is 1. The van der Waals surface area contributed by atoms with E-state index in [2.05, 4.69) is 51.8 Å². The van der Waals surface area contributed by atoms with Gasteiger partial charge in [0.25, 0.3) is 5.91 Å². The number of carbonyl (C=O) groups excluding carboxylic acids is 1. The average Bonchev–Trinajstić information content (AvgIpc) is 3.17. The van der Waals surface area contributed by atoms with Gasteiger partial charge in [-0.2, -0.15) is 0 Å². The number of nitrogens with one attached hydrogen (secondary N) is 3. The SMILES string of the molecule is Cc1ccccc1CNc1ccc(C(=O)NCCc2c[nH]c3ccccc23)cn1. The lowest BCUT2D eigenvalue weighted by molar-refractivity contribution is 0.0954. The fraction of sp³-hybridized carbons (Fsp3) is 0.167. The molecule has 0 aliphatic heterocycles. The van der Waals surface area contributed by atoms with Gasteiger partial charge in [0.05, 0.1) is 5.56 Å². The molecule has 0 fully saturated rings. The molecule has 146 valence electrons. The van der Waals surface area contributed by atoms with Gasteiger partial charge in [-0.25, -0.2) is 4.98 Å². The molecule has 0 saturated heterocycles. The molecule has 2 aromatic carbocycles. The van der Waals surface area contributed by atoms with Crippen LogP contribution in [-0.2, 0) is 13.0 Å². The Bertz CT molecular complexity index is 1120. The first-order valence-electron chi connectivity index (χ1n) is 9.78. The number of rotatable bonds is 7. The zero-order chi connectivity index (χ0) is 20.1. The maximum atomic E-state index is 12.4. The highest BCUT2D eigenvalue weighted by atomic mass is 16.1. The number of pyridine rings is 1. The Morgan fingerprint density at radius 1 is 1.00 bits per heavy atom. The minimum Gasteiger partial charge on any atom is -0.366 e. The molecule has 1 amide bonds. The third-order valence-corrected chi connectivity index (χ3v) is 5.10. The van der Waals surface area contributed by atoms with Crippen molar-refractivity contribution in [3.8, 4) is 0 Å². The van der Waals surface area contributed by atoms with Crippen LogP contribution in [0.2, 0.25) is 0 Å². The number of hydrogen-bond donors (Lipinski definition) is 3. The van der Waals surface area contributed by atoms with E-state index in [1.54, 1.807) is 12.3 Å². The van der Waals surface area contributed by atoms with Gasteiger partial charge in [-0.15, -0.1) is 0 Å². The van der Waals surface area contributed by atoms with Crippen LogP contribution in [0.15, 0.2) is 73.1 Å². The monoisotopic (exact) mass is 384 g/mol. The van der Waals surface area contributed by atoms with E-state index >= 15 is 0 Å². The molecule has 0 unspecified atom stereocenters. The van der Waals surface area contributed by atoms with E-state index in [1.165, 1.54) is 22.1 Å². The molecule has 5 nitrogen and oxygen atoms in total. The number of carbonyl (C=O) groups is 1. The molecule has 0 spiro atoms. The van der Waals surface area contributed by atoms with Gasteiger partial charge in [0.2, 0.25) is 0 Å². The lowest BCUT2D eigenvalue weighted by Crippen LogP contribution is -2.25. The van der Waals surface area contributed by atoms with Crippen molar-refractivity contribution in [2.24, 2.45) is 0 Å². The van der Waals surface area contributed by atoms with E-state index in [-0.39, 0.29) is 5.91 Å². The summed E-state index contributed by atoms with van der Waals surface area (Å²) in [5.74, 6) is 0.645. The molecule has 0 atom stereocenters. The van der Waals surface area contributed by atoms with Gasteiger partial charge in [0, 0.05) is 36.4 Å². The summed E-state index contributed by atoms with van der Waals surface area (Å²) in [6.07, 6.45) is 4.40. The van der Waals surface area contributed by atoms with Crippen molar-refractivity contribution < 1.29 is 4.79 Å². The Kier molecular flexibility index (Phi) is 5.56. The average molecular weight is 384 g/mol. The van der Waals surface area contributed by atoms with Gasteiger partial charge >= 0.3 is 0 Å². The topological polar surface area (TPSA) is 69.8 Å². The molecule has 4 aromatic rings. The predicted molar refractivity (Wildman–Crippen MR) is 117 cm³/mol. The summed E-state index contributed by atoms with van der Waals surface area (Å²) in [6, 6.07) is 20.1. The number of H-pyrrole nitrogens is 1. The molecular formula is C24H24N4O. The number of para-hydroxylation sites is 1. The summed E-state index contributed by atoms with van der Waals surface area (Å²) in [5.41, 5.74) is 5.35. The minimum absolute atomic E-state index is 0.109. The van der Waals surface area contributed by atoms with Crippen molar-refractivity contribution in [2.45, 2.75) is 19.9 Å². The van der Waals surface area contributed by atoms with Crippen LogP contribution >= 0.6 is 0 Å². The van der Waals surface area contributed by atoms with Crippen LogP contribution < -0.4 is 10.6 Å². The summed E-state index contributed by atoms with van der Waals surface area (Å²) in [5, 5.41) is 7.48. The molecule has 0 saturated carbocycles. The fourth-order valence-corrected chi connectivity index (χ4v) is 3.38. The van der Waals surface area contributed by atoms with E-state index in [0.717, 1.165) is 17.8 Å². The Labute approximate surface area is 170 Å². The van der Waals surface area contributed by atoms with Crippen LogP contribution in [0.1, 0.15) is 27.0 Å². The number of amides is 1. The van der Waals surface area contributed by atoms with Crippen molar-refractivity contribution in [2.75, 3.05) is 11.9 Å². The standard InChI is InChI=1S/C24H24N4O/c1-17-6-2-3-7-18(17)14-27-23-11-10-20(16-28-23)24(29)25-13-12-19-15-26-22-9-5-4-8-21(19)22/h2-11,15-16,26H,12-14H2,1H3,(H,25,29)(H,27,28). The third kappa shape index (κ3) is 4.46. The van der Waals surface area contributed by atoms with Gasteiger partial charge in [0.1, 0.15) is 5.82 Å². The second-order valence-corrected chi connectivity index (χ2v) is 7.08. The smallest absolute Gasteiger partial charge is 0.252 e. The van der Waals surface area contributed by atoms with Crippen LogP contribution in [0, 0.1) is 6.92 Å². The van der Waals surface area contributed by atoms with Crippen molar-refractivity contribution in [1.82, 2.24) is 15.3 Å². The van der Waals surface area contributed by atoms with Crippen LogP contribution in [0.4, 0.5) is 5.82 Å². The first-order chi connectivity index (χ1) is 14.2. The second-order valence-electron chi connectivity index (χ2n) is 7.08. The van der Waals surface area contributed by atoms with Crippen molar-refractivity contribution >= 4 is 22.6 Å². The van der Waals surface area contributed by atoms with Crippen LogP contribution in [0.3, 0.4) is 0 Å². The summed E-state index contributed by atoms with van der Waals surface area (Å²) < 4.78 is 0. The highest BCUT2D eigenvalue weighted by Crippen LogP contribution is 2.17. The number of fused-ring (bicyclic) bond motifs is 1. The highest BCUT2D eigenvalue weighted by Gasteiger charge is 2.08. The number of anilines is 1. The molecule has 29 heavy (non-hydrogen) atoms. The molecule has 3 N–H and O–H groups in total. The van der Waals surface area contributed by atoms with Gasteiger partial charge < -0.3 is 15.6 Å².